The third-order valence-electron chi connectivity index (χ3n) is 4.78. The van der Waals surface area contributed by atoms with E-state index < -0.39 is 17.1 Å². The Kier molecular flexibility index (Phi) is 3.95. The smallest absolute Gasteiger partial charge is 0.317 e. The summed E-state index contributed by atoms with van der Waals surface area (Å²) >= 11 is 0. The van der Waals surface area contributed by atoms with Gasteiger partial charge in [0.25, 0.3) is 5.91 Å². The summed E-state index contributed by atoms with van der Waals surface area (Å²) in [7, 11) is 0. The second kappa shape index (κ2) is 5.59. The molecule has 2 heterocycles. The lowest BCUT2D eigenvalue weighted by Gasteiger charge is -2.29. The number of carbonyl (C=O) groups is 2. The number of ether oxygens (including phenoxy) is 2. The Balaban J connectivity index is 1.98. The quantitative estimate of drug-likeness (QED) is 0.782. The number of amides is 1. The van der Waals surface area contributed by atoms with E-state index in [4.69, 9.17) is 9.47 Å². The van der Waals surface area contributed by atoms with Crippen LogP contribution in [0.25, 0.3) is 0 Å². The molecule has 0 aromatic heterocycles. The Morgan fingerprint density at radius 1 is 1.29 bits per heavy atom. The third-order valence-corrected chi connectivity index (χ3v) is 4.78. The number of anilines is 1. The molecule has 3 rings (SSSR count). The summed E-state index contributed by atoms with van der Waals surface area (Å²) in [6.07, 6.45) is -0.230. The van der Waals surface area contributed by atoms with Gasteiger partial charge in [-0.1, -0.05) is 18.2 Å². The van der Waals surface area contributed by atoms with Gasteiger partial charge in [-0.05, 0) is 52.2 Å². The first kappa shape index (κ1) is 17.0. The topological polar surface area (TPSA) is 55.8 Å². The molecule has 1 amide bonds. The molecule has 5 heteroatoms. The van der Waals surface area contributed by atoms with Crippen molar-refractivity contribution >= 4 is 17.6 Å². The maximum atomic E-state index is 13.0. The van der Waals surface area contributed by atoms with Crippen LogP contribution in [-0.2, 0) is 19.1 Å². The monoisotopic (exact) mass is 331 g/mol. The SMILES string of the molecule is Cc1cccc(C)c1N1C[C@]2(C(=O)OC(C)(C)C)CCO[C@@H]2C1=O. The third kappa shape index (κ3) is 2.61. The van der Waals surface area contributed by atoms with Crippen LogP contribution in [0.1, 0.15) is 38.3 Å². The van der Waals surface area contributed by atoms with Crippen molar-refractivity contribution in [2.24, 2.45) is 5.41 Å². The van der Waals surface area contributed by atoms with Crippen LogP contribution in [0.15, 0.2) is 18.2 Å². The van der Waals surface area contributed by atoms with Crippen molar-refractivity contribution in [1.82, 2.24) is 0 Å². The zero-order valence-electron chi connectivity index (χ0n) is 15.0. The van der Waals surface area contributed by atoms with E-state index in [1.165, 1.54) is 0 Å². The fraction of sp³-hybridized carbons (Fsp3) is 0.579. The highest BCUT2D eigenvalue weighted by Crippen LogP contribution is 2.46. The summed E-state index contributed by atoms with van der Waals surface area (Å²) in [5.74, 6) is -0.477. The minimum absolute atomic E-state index is 0.143. The van der Waals surface area contributed by atoms with Gasteiger partial charge in [0.2, 0.25) is 0 Å². The van der Waals surface area contributed by atoms with Gasteiger partial charge in [0, 0.05) is 18.8 Å². The Labute approximate surface area is 142 Å². The fourth-order valence-corrected chi connectivity index (χ4v) is 3.69. The zero-order valence-corrected chi connectivity index (χ0v) is 15.0. The van der Waals surface area contributed by atoms with Crippen molar-refractivity contribution in [3.05, 3.63) is 29.3 Å². The molecule has 0 spiro atoms. The number of hydrogen-bond acceptors (Lipinski definition) is 4. The van der Waals surface area contributed by atoms with Crippen LogP contribution < -0.4 is 4.90 Å². The van der Waals surface area contributed by atoms with Crippen molar-refractivity contribution in [2.45, 2.75) is 52.7 Å². The predicted molar refractivity (Wildman–Crippen MR) is 90.9 cm³/mol. The molecule has 0 unspecified atom stereocenters. The number of hydrogen-bond donors (Lipinski definition) is 0. The maximum Gasteiger partial charge on any atom is 0.317 e. The van der Waals surface area contributed by atoms with Gasteiger partial charge in [-0.15, -0.1) is 0 Å². The highest BCUT2D eigenvalue weighted by Gasteiger charge is 2.62. The lowest BCUT2D eigenvalue weighted by molar-refractivity contribution is -0.169. The molecule has 2 aliphatic heterocycles. The van der Waals surface area contributed by atoms with E-state index in [-0.39, 0.29) is 11.9 Å². The van der Waals surface area contributed by atoms with E-state index in [2.05, 4.69) is 0 Å². The van der Waals surface area contributed by atoms with Crippen LogP contribution >= 0.6 is 0 Å². The molecule has 2 atom stereocenters. The van der Waals surface area contributed by atoms with E-state index >= 15 is 0 Å². The van der Waals surface area contributed by atoms with Gasteiger partial charge in [-0.3, -0.25) is 9.59 Å². The molecule has 5 nitrogen and oxygen atoms in total. The molecule has 0 radical (unpaired) electrons. The van der Waals surface area contributed by atoms with Crippen LogP contribution in [0.4, 0.5) is 5.69 Å². The molecule has 1 aromatic rings. The van der Waals surface area contributed by atoms with Gasteiger partial charge in [0.1, 0.15) is 11.0 Å². The molecule has 130 valence electrons. The van der Waals surface area contributed by atoms with Crippen molar-refractivity contribution < 1.29 is 19.1 Å². The lowest BCUT2D eigenvalue weighted by Crippen LogP contribution is -2.43. The fourth-order valence-electron chi connectivity index (χ4n) is 3.69. The van der Waals surface area contributed by atoms with Crippen LogP contribution in [0, 0.1) is 19.3 Å². The van der Waals surface area contributed by atoms with Gasteiger partial charge in [-0.25, -0.2) is 0 Å². The molecule has 0 bridgehead atoms. The molecule has 2 saturated heterocycles. The number of fused-ring (bicyclic) bond motifs is 1. The standard InChI is InChI=1S/C19H25NO4/c1-12-7-6-8-13(2)14(12)20-11-19(17(22)24-18(3,4)5)9-10-23-15(19)16(20)21/h6-8,15H,9-11H2,1-5H3/t15-,19-/m1/s1. The molecule has 2 fully saturated rings. The first-order chi connectivity index (χ1) is 11.2. The maximum absolute atomic E-state index is 13.0. The summed E-state index contributed by atoms with van der Waals surface area (Å²) < 4.78 is 11.3. The summed E-state index contributed by atoms with van der Waals surface area (Å²) in [6, 6.07) is 5.92. The van der Waals surface area contributed by atoms with Crippen molar-refractivity contribution in [2.75, 3.05) is 18.1 Å². The van der Waals surface area contributed by atoms with E-state index in [0.29, 0.717) is 19.6 Å². The second-order valence-electron chi connectivity index (χ2n) is 7.82. The molecule has 1 aromatic carbocycles. The second-order valence-corrected chi connectivity index (χ2v) is 7.82. The molecule has 0 N–H and O–H groups in total. The molecule has 0 saturated carbocycles. The Morgan fingerprint density at radius 3 is 2.50 bits per heavy atom. The molecular formula is C19H25NO4. The minimum atomic E-state index is -0.904. The van der Waals surface area contributed by atoms with E-state index in [1.54, 1.807) is 4.90 Å². The van der Waals surface area contributed by atoms with Crippen LogP contribution in [0.5, 0.6) is 0 Å². The van der Waals surface area contributed by atoms with Gasteiger partial charge >= 0.3 is 5.97 Å². The summed E-state index contributed by atoms with van der Waals surface area (Å²) in [5.41, 5.74) is 1.42. The summed E-state index contributed by atoms with van der Waals surface area (Å²) in [6.45, 7) is 10.2. The number of aryl methyl sites for hydroxylation is 2. The van der Waals surface area contributed by atoms with Crippen molar-refractivity contribution in [1.29, 1.82) is 0 Å². The Morgan fingerprint density at radius 2 is 1.92 bits per heavy atom. The number of benzene rings is 1. The average molecular weight is 331 g/mol. The van der Waals surface area contributed by atoms with Gasteiger partial charge in [0.05, 0.1) is 0 Å². The number of carbonyl (C=O) groups excluding carboxylic acids is 2. The van der Waals surface area contributed by atoms with Crippen molar-refractivity contribution in [3.63, 3.8) is 0 Å². The Bertz CT molecular complexity index is 671. The number of rotatable bonds is 2. The average Bonchev–Trinajstić information content (AvgIpc) is 2.98. The highest BCUT2D eigenvalue weighted by molar-refractivity contribution is 6.06. The number of esters is 1. The zero-order chi connectivity index (χ0) is 17.7. The largest absolute Gasteiger partial charge is 0.459 e. The summed E-state index contributed by atoms with van der Waals surface area (Å²) in [4.78, 5) is 27.5. The number of para-hydroxylation sites is 1. The first-order valence-electron chi connectivity index (χ1n) is 8.38. The summed E-state index contributed by atoms with van der Waals surface area (Å²) in [5, 5.41) is 0. The normalized spacial score (nSPS) is 26.6. The predicted octanol–water partition coefficient (Wildman–Crippen LogP) is 2.77. The molecule has 0 aliphatic carbocycles. The van der Waals surface area contributed by atoms with E-state index in [0.717, 1.165) is 16.8 Å². The molecule has 24 heavy (non-hydrogen) atoms. The number of nitrogens with zero attached hydrogens (tertiary/aromatic N) is 1. The lowest BCUT2D eigenvalue weighted by atomic mass is 9.83. The molecular weight excluding hydrogens is 306 g/mol. The van der Waals surface area contributed by atoms with Crippen molar-refractivity contribution in [3.8, 4) is 0 Å². The minimum Gasteiger partial charge on any atom is -0.459 e. The molecule has 2 aliphatic rings. The first-order valence-corrected chi connectivity index (χ1v) is 8.38. The van der Waals surface area contributed by atoms with Gasteiger partial charge in [-0.2, -0.15) is 0 Å². The van der Waals surface area contributed by atoms with Gasteiger partial charge < -0.3 is 14.4 Å². The highest BCUT2D eigenvalue weighted by atomic mass is 16.6. The van der Waals surface area contributed by atoms with Crippen LogP contribution in [0.3, 0.4) is 0 Å². The van der Waals surface area contributed by atoms with E-state index in [1.807, 2.05) is 52.8 Å². The van der Waals surface area contributed by atoms with Crippen LogP contribution in [0.2, 0.25) is 0 Å². The van der Waals surface area contributed by atoms with Crippen LogP contribution in [-0.4, -0.2) is 36.7 Å². The van der Waals surface area contributed by atoms with Gasteiger partial charge in [0.15, 0.2) is 6.10 Å². The Hall–Kier alpha value is -1.88. The van der Waals surface area contributed by atoms with E-state index in [9.17, 15) is 9.59 Å².